The Morgan fingerprint density at radius 1 is 1.50 bits per heavy atom. The number of aliphatic hydroxyl groups excluding tert-OH is 1. The molecule has 0 radical (unpaired) electrons. The van der Waals surface area contributed by atoms with Gasteiger partial charge < -0.3 is 14.3 Å². The zero-order chi connectivity index (χ0) is 13.6. The van der Waals surface area contributed by atoms with Crippen LogP contribution in [0.4, 0.5) is 13.2 Å². The van der Waals surface area contributed by atoms with Crippen LogP contribution < -0.4 is 0 Å². The van der Waals surface area contributed by atoms with Gasteiger partial charge in [0.05, 0.1) is 25.5 Å². The fraction of sp³-hybridized carbons (Fsp3) is 0.636. The Hall–Kier alpha value is -1.05. The van der Waals surface area contributed by atoms with Gasteiger partial charge in [0, 0.05) is 6.54 Å². The summed E-state index contributed by atoms with van der Waals surface area (Å²) in [5, 5.41) is 9.48. The number of ether oxygens (including phenoxy) is 1. The quantitative estimate of drug-likeness (QED) is 0.816. The Morgan fingerprint density at radius 3 is 2.78 bits per heavy atom. The lowest BCUT2D eigenvalue weighted by molar-refractivity contribution is -0.146. The number of hydrogen-bond acceptors (Lipinski definition) is 4. The standard InChI is InChI=1S/C11H16F3NO3/c1-15(8-11(12,13)14)5-9(16)6-17-7-10-3-2-4-18-10/h2-4,9,16H,5-8H2,1H3. The summed E-state index contributed by atoms with van der Waals surface area (Å²) < 4.78 is 46.2. The van der Waals surface area contributed by atoms with E-state index in [2.05, 4.69) is 0 Å². The van der Waals surface area contributed by atoms with E-state index in [1.54, 1.807) is 12.1 Å². The molecular weight excluding hydrogens is 251 g/mol. The highest BCUT2D eigenvalue weighted by Crippen LogP contribution is 2.15. The average molecular weight is 267 g/mol. The van der Waals surface area contributed by atoms with Crippen LogP contribution in [0.2, 0.25) is 0 Å². The Bertz CT molecular complexity index is 327. The van der Waals surface area contributed by atoms with Gasteiger partial charge in [-0.2, -0.15) is 13.2 Å². The molecule has 0 bridgehead atoms. The second kappa shape index (κ2) is 6.77. The Kier molecular flexibility index (Phi) is 5.64. The van der Waals surface area contributed by atoms with Crippen LogP contribution in [0, 0.1) is 0 Å². The van der Waals surface area contributed by atoms with Crippen molar-refractivity contribution >= 4 is 0 Å². The first-order chi connectivity index (χ1) is 8.37. The fourth-order valence-electron chi connectivity index (χ4n) is 1.47. The smallest absolute Gasteiger partial charge is 0.401 e. The lowest BCUT2D eigenvalue weighted by Crippen LogP contribution is -2.38. The maximum Gasteiger partial charge on any atom is 0.401 e. The molecule has 18 heavy (non-hydrogen) atoms. The Balaban J connectivity index is 2.15. The highest BCUT2D eigenvalue weighted by Gasteiger charge is 2.29. The van der Waals surface area contributed by atoms with E-state index in [1.807, 2.05) is 0 Å². The molecular formula is C11H16F3NO3. The third-order valence-corrected chi connectivity index (χ3v) is 2.11. The third kappa shape index (κ3) is 6.63. The van der Waals surface area contributed by atoms with Gasteiger partial charge in [-0.05, 0) is 19.2 Å². The lowest BCUT2D eigenvalue weighted by Gasteiger charge is -2.21. The van der Waals surface area contributed by atoms with Crippen LogP contribution >= 0.6 is 0 Å². The predicted molar refractivity (Wildman–Crippen MR) is 57.9 cm³/mol. The average Bonchev–Trinajstić information content (AvgIpc) is 2.66. The summed E-state index contributed by atoms with van der Waals surface area (Å²) in [5.74, 6) is 0.603. The van der Waals surface area contributed by atoms with Gasteiger partial charge in [0.15, 0.2) is 0 Å². The van der Waals surface area contributed by atoms with Gasteiger partial charge in [-0.15, -0.1) is 0 Å². The summed E-state index contributed by atoms with van der Waals surface area (Å²) in [6, 6.07) is 3.41. The number of likely N-dealkylation sites (N-methyl/N-ethyl adjacent to an activating group) is 1. The molecule has 1 rings (SSSR count). The number of rotatable bonds is 7. The summed E-state index contributed by atoms with van der Waals surface area (Å²) in [7, 11) is 1.29. The molecule has 0 spiro atoms. The lowest BCUT2D eigenvalue weighted by atomic mass is 10.3. The van der Waals surface area contributed by atoms with Crippen molar-refractivity contribution in [3.8, 4) is 0 Å². The van der Waals surface area contributed by atoms with E-state index in [1.165, 1.54) is 13.3 Å². The fourth-order valence-corrected chi connectivity index (χ4v) is 1.47. The van der Waals surface area contributed by atoms with Crippen LogP contribution in [0.25, 0.3) is 0 Å². The second-order valence-corrected chi connectivity index (χ2v) is 4.06. The van der Waals surface area contributed by atoms with E-state index >= 15 is 0 Å². The largest absolute Gasteiger partial charge is 0.467 e. The second-order valence-electron chi connectivity index (χ2n) is 4.06. The first-order valence-electron chi connectivity index (χ1n) is 5.40. The highest BCUT2D eigenvalue weighted by molar-refractivity contribution is 4.96. The molecule has 0 aliphatic rings. The number of nitrogens with zero attached hydrogens (tertiary/aromatic N) is 1. The van der Waals surface area contributed by atoms with Gasteiger partial charge in [-0.1, -0.05) is 0 Å². The summed E-state index contributed by atoms with van der Waals surface area (Å²) in [4.78, 5) is 1.00. The van der Waals surface area contributed by atoms with Gasteiger partial charge in [0.1, 0.15) is 12.4 Å². The minimum absolute atomic E-state index is 0.0388. The van der Waals surface area contributed by atoms with E-state index < -0.39 is 18.8 Å². The van der Waals surface area contributed by atoms with Crippen LogP contribution in [0.5, 0.6) is 0 Å². The Labute approximate surface area is 103 Å². The molecule has 7 heteroatoms. The Morgan fingerprint density at radius 2 is 2.22 bits per heavy atom. The third-order valence-electron chi connectivity index (χ3n) is 2.11. The summed E-state index contributed by atoms with van der Waals surface area (Å²) >= 11 is 0. The maximum atomic E-state index is 12.0. The molecule has 4 nitrogen and oxygen atoms in total. The molecule has 0 aliphatic heterocycles. The zero-order valence-electron chi connectivity index (χ0n) is 9.98. The summed E-state index contributed by atoms with van der Waals surface area (Å²) in [6.45, 7) is -1.00. The molecule has 0 aliphatic carbocycles. The molecule has 1 aromatic rings. The van der Waals surface area contributed by atoms with Crippen LogP contribution in [-0.2, 0) is 11.3 Å². The van der Waals surface area contributed by atoms with Crippen LogP contribution in [0.1, 0.15) is 5.76 Å². The van der Waals surface area contributed by atoms with Gasteiger partial charge in [-0.25, -0.2) is 0 Å². The first-order valence-corrected chi connectivity index (χ1v) is 5.40. The molecule has 1 heterocycles. The highest BCUT2D eigenvalue weighted by atomic mass is 19.4. The molecule has 104 valence electrons. The summed E-state index contributed by atoms with van der Waals surface area (Å²) in [6.07, 6.45) is -3.73. The molecule has 0 aromatic carbocycles. The molecule has 1 atom stereocenters. The van der Waals surface area contributed by atoms with Gasteiger partial charge in [0.25, 0.3) is 0 Å². The number of aliphatic hydroxyl groups is 1. The summed E-state index contributed by atoms with van der Waals surface area (Å²) in [5.41, 5.74) is 0. The van der Waals surface area contributed by atoms with E-state index in [4.69, 9.17) is 9.15 Å². The molecule has 1 aromatic heterocycles. The zero-order valence-corrected chi connectivity index (χ0v) is 9.98. The van der Waals surface area contributed by atoms with Crippen molar-refractivity contribution in [2.45, 2.75) is 18.9 Å². The van der Waals surface area contributed by atoms with Crippen LogP contribution in [0.3, 0.4) is 0 Å². The van der Waals surface area contributed by atoms with E-state index in [0.29, 0.717) is 5.76 Å². The normalized spacial score (nSPS) is 14.1. The van der Waals surface area contributed by atoms with Crippen molar-refractivity contribution < 1.29 is 27.4 Å². The molecule has 0 saturated carbocycles. The van der Waals surface area contributed by atoms with E-state index in [9.17, 15) is 18.3 Å². The first kappa shape index (κ1) is 15.0. The van der Waals surface area contributed by atoms with E-state index in [-0.39, 0.29) is 19.8 Å². The van der Waals surface area contributed by atoms with Gasteiger partial charge >= 0.3 is 6.18 Å². The van der Waals surface area contributed by atoms with Gasteiger partial charge in [0.2, 0.25) is 0 Å². The number of alkyl halides is 3. The topological polar surface area (TPSA) is 45.8 Å². The minimum Gasteiger partial charge on any atom is -0.467 e. The van der Waals surface area contributed by atoms with Crippen LogP contribution in [0.15, 0.2) is 22.8 Å². The van der Waals surface area contributed by atoms with E-state index in [0.717, 1.165) is 4.90 Å². The maximum absolute atomic E-state index is 12.0. The van der Waals surface area contributed by atoms with Crippen molar-refractivity contribution in [2.75, 3.05) is 26.7 Å². The number of hydrogen-bond donors (Lipinski definition) is 1. The molecule has 1 unspecified atom stereocenters. The monoisotopic (exact) mass is 267 g/mol. The van der Waals surface area contributed by atoms with Crippen molar-refractivity contribution in [1.29, 1.82) is 0 Å². The molecule has 1 N–H and O–H groups in total. The van der Waals surface area contributed by atoms with Crippen molar-refractivity contribution in [3.63, 3.8) is 0 Å². The molecule has 0 amide bonds. The van der Waals surface area contributed by atoms with Crippen LogP contribution in [-0.4, -0.2) is 49.0 Å². The van der Waals surface area contributed by atoms with Gasteiger partial charge in [-0.3, -0.25) is 4.90 Å². The van der Waals surface area contributed by atoms with Crippen molar-refractivity contribution in [2.24, 2.45) is 0 Å². The molecule has 0 saturated heterocycles. The predicted octanol–water partition coefficient (Wildman–Crippen LogP) is 1.65. The van der Waals surface area contributed by atoms with Crippen molar-refractivity contribution in [1.82, 2.24) is 4.90 Å². The number of furan rings is 1. The van der Waals surface area contributed by atoms with Crippen molar-refractivity contribution in [3.05, 3.63) is 24.2 Å². The molecule has 0 fully saturated rings. The number of halogens is 3. The SMILES string of the molecule is CN(CC(O)COCc1ccco1)CC(F)(F)F. The minimum atomic E-state index is -4.26.